The van der Waals surface area contributed by atoms with Gasteiger partial charge in [0.2, 0.25) is 0 Å². The first-order chi connectivity index (χ1) is 5.09. The maximum atomic E-state index is 9.14. The van der Waals surface area contributed by atoms with Crippen LogP contribution in [0, 0.1) is 5.92 Å². The van der Waals surface area contributed by atoms with E-state index in [4.69, 9.17) is 10.8 Å². The van der Waals surface area contributed by atoms with Crippen molar-refractivity contribution >= 4 is 0 Å². The van der Waals surface area contributed by atoms with E-state index < -0.39 is 0 Å². The van der Waals surface area contributed by atoms with E-state index in [0.717, 1.165) is 19.5 Å². The SMILES string of the molecule is CC(O)CC1CN(C)CC1N. The van der Waals surface area contributed by atoms with Crippen molar-refractivity contribution in [2.45, 2.75) is 25.5 Å². The van der Waals surface area contributed by atoms with Crippen molar-refractivity contribution in [3.8, 4) is 0 Å². The molecule has 11 heavy (non-hydrogen) atoms. The second-order valence-electron chi connectivity index (χ2n) is 3.73. The third kappa shape index (κ3) is 2.43. The van der Waals surface area contributed by atoms with E-state index in [1.54, 1.807) is 0 Å². The normalized spacial score (nSPS) is 36.0. The molecule has 1 aliphatic rings. The molecule has 0 aromatic heterocycles. The number of aliphatic hydroxyl groups excluding tert-OH is 1. The van der Waals surface area contributed by atoms with Gasteiger partial charge in [-0.15, -0.1) is 0 Å². The molecule has 3 nitrogen and oxygen atoms in total. The summed E-state index contributed by atoms with van der Waals surface area (Å²) >= 11 is 0. The number of rotatable bonds is 2. The van der Waals surface area contributed by atoms with Gasteiger partial charge in [0.15, 0.2) is 0 Å². The standard InChI is InChI=1S/C8H18N2O/c1-6(11)3-7-4-10(2)5-8(7)9/h6-8,11H,3-5,9H2,1-2H3. The van der Waals surface area contributed by atoms with Crippen molar-refractivity contribution in [1.29, 1.82) is 0 Å². The van der Waals surface area contributed by atoms with Crippen molar-refractivity contribution in [2.24, 2.45) is 11.7 Å². The highest BCUT2D eigenvalue weighted by Crippen LogP contribution is 2.18. The van der Waals surface area contributed by atoms with Crippen LogP contribution >= 0.6 is 0 Å². The average Bonchev–Trinajstić information content (AvgIpc) is 2.09. The molecule has 1 fully saturated rings. The van der Waals surface area contributed by atoms with E-state index >= 15 is 0 Å². The monoisotopic (exact) mass is 158 g/mol. The van der Waals surface area contributed by atoms with Gasteiger partial charge in [0.1, 0.15) is 0 Å². The number of aliphatic hydroxyl groups is 1. The summed E-state index contributed by atoms with van der Waals surface area (Å²) in [5, 5.41) is 9.14. The van der Waals surface area contributed by atoms with Crippen molar-refractivity contribution in [1.82, 2.24) is 4.90 Å². The van der Waals surface area contributed by atoms with Crippen LogP contribution in [0.5, 0.6) is 0 Å². The van der Waals surface area contributed by atoms with Crippen LogP contribution in [-0.4, -0.2) is 42.3 Å². The van der Waals surface area contributed by atoms with Gasteiger partial charge in [-0.25, -0.2) is 0 Å². The first-order valence-corrected chi connectivity index (χ1v) is 4.21. The number of nitrogens with zero attached hydrogens (tertiary/aromatic N) is 1. The first kappa shape index (κ1) is 8.97. The van der Waals surface area contributed by atoms with E-state index in [2.05, 4.69) is 11.9 Å². The minimum absolute atomic E-state index is 0.211. The van der Waals surface area contributed by atoms with Crippen LogP contribution in [0.4, 0.5) is 0 Å². The number of nitrogens with two attached hydrogens (primary N) is 1. The van der Waals surface area contributed by atoms with Crippen LogP contribution in [0.1, 0.15) is 13.3 Å². The largest absolute Gasteiger partial charge is 0.393 e. The van der Waals surface area contributed by atoms with E-state index in [1.165, 1.54) is 0 Å². The van der Waals surface area contributed by atoms with E-state index in [1.807, 2.05) is 6.92 Å². The fourth-order valence-corrected chi connectivity index (χ4v) is 1.81. The minimum Gasteiger partial charge on any atom is -0.393 e. The Balaban J connectivity index is 2.34. The van der Waals surface area contributed by atoms with E-state index in [0.29, 0.717) is 5.92 Å². The molecule has 0 aliphatic carbocycles. The molecular weight excluding hydrogens is 140 g/mol. The molecule has 3 N–H and O–H groups in total. The van der Waals surface area contributed by atoms with Gasteiger partial charge in [0.05, 0.1) is 6.10 Å². The maximum Gasteiger partial charge on any atom is 0.0515 e. The number of likely N-dealkylation sites (tertiary alicyclic amines) is 1. The smallest absolute Gasteiger partial charge is 0.0515 e. The van der Waals surface area contributed by atoms with Crippen LogP contribution in [0.3, 0.4) is 0 Å². The summed E-state index contributed by atoms with van der Waals surface area (Å²) in [6.45, 7) is 3.83. The van der Waals surface area contributed by atoms with E-state index in [-0.39, 0.29) is 12.1 Å². The summed E-state index contributed by atoms with van der Waals surface area (Å²) in [4.78, 5) is 2.22. The highest BCUT2D eigenvalue weighted by atomic mass is 16.3. The lowest BCUT2D eigenvalue weighted by Gasteiger charge is -2.15. The summed E-state index contributed by atoms with van der Waals surface area (Å²) in [5.41, 5.74) is 5.86. The molecule has 1 heterocycles. The molecule has 0 radical (unpaired) electrons. The highest BCUT2D eigenvalue weighted by Gasteiger charge is 2.28. The van der Waals surface area contributed by atoms with Gasteiger partial charge in [-0.3, -0.25) is 0 Å². The molecule has 0 aromatic rings. The molecule has 0 aromatic carbocycles. The second kappa shape index (κ2) is 3.52. The van der Waals surface area contributed by atoms with Crippen molar-refractivity contribution in [2.75, 3.05) is 20.1 Å². The lowest BCUT2D eigenvalue weighted by Crippen LogP contribution is -2.30. The van der Waals surface area contributed by atoms with Crippen LogP contribution < -0.4 is 5.73 Å². The minimum atomic E-state index is -0.211. The zero-order valence-corrected chi connectivity index (χ0v) is 7.33. The quantitative estimate of drug-likeness (QED) is 0.577. The molecule has 66 valence electrons. The Labute approximate surface area is 68.2 Å². The average molecular weight is 158 g/mol. The van der Waals surface area contributed by atoms with Crippen molar-refractivity contribution < 1.29 is 5.11 Å². The lowest BCUT2D eigenvalue weighted by molar-refractivity contribution is 0.158. The second-order valence-corrected chi connectivity index (χ2v) is 3.73. The topological polar surface area (TPSA) is 49.5 Å². The maximum absolute atomic E-state index is 9.14. The molecule has 0 saturated carbocycles. The molecule has 3 unspecified atom stereocenters. The zero-order chi connectivity index (χ0) is 8.43. The molecule has 1 aliphatic heterocycles. The van der Waals surface area contributed by atoms with Gasteiger partial charge in [-0.1, -0.05) is 0 Å². The fourth-order valence-electron chi connectivity index (χ4n) is 1.81. The zero-order valence-electron chi connectivity index (χ0n) is 7.33. The molecule has 1 rings (SSSR count). The van der Waals surface area contributed by atoms with Gasteiger partial charge in [0.25, 0.3) is 0 Å². The van der Waals surface area contributed by atoms with Crippen LogP contribution in [0.25, 0.3) is 0 Å². The third-order valence-corrected chi connectivity index (χ3v) is 2.32. The van der Waals surface area contributed by atoms with Crippen molar-refractivity contribution in [3.63, 3.8) is 0 Å². The molecule has 1 saturated heterocycles. The number of likely N-dealkylation sites (N-methyl/N-ethyl adjacent to an activating group) is 1. The van der Waals surface area contributed by atoms with Gasteiger partial charge >= 0.3 is 0 Å². The van der Waals surface area contributed by atoms with Crippen LogP contribution in [0.15, 0.2) is 0 Å². The molecule has 0 amide bonds. The van der Waals surface area contributed by atoms with Gasteiger partial charge in [-0.05, 0) is 26.3 Å². The molecule has 3 heteroatoms. The fraction of sp³-hybridized carbons (Fsp3) is 1.00. The Morgan fingerprint density at radius 3 is 2.64 bits per heavy atom. The lowest BCUT2D eigenvalue weighted by atomic mass is 9.98. The van der Waals surface area contributed by atoms with Gasteiger partial charge in [0, 0.05) is 19.1 Å². The summed E-state index contributed by atoms with van der Waals surface area (Å²) < 4.78 is 0. The summed E-state index contributed by atoms with van der Waals surface area (Å²) in [6, 6.07) is 0.259. The Morgan fingerprint density at radius 1 is 1.64 bits per heavy atom. The van der Waals surface area contributed by atoms with Crippen LogP contribution in [0.2, 0.25) is 0 Å². The van der Waals surface area contributed by atoms with Gasteiger partial charge < -0.3 is 15.7 Å². The third-order valence-electron chi connectivity index (χ3n) is 2.32. The van der Waals surface area contributed by atoms with E-state index in [9.17, 15) is 0 Å². The predicted octanol–water partition coefficient (Wildman–Crippen LogP) is -0.354. The Morgan fingerprint density at radius 2 is 2.27 bits per heavy atom. The number of hydrogen-bond acceptors (Lipinski definition) is 3. The first-order valence-electron chi connectivity index (χ1n) is 4.21. The summed E-state index contributed by atoms with van der Waals surface area (Å²) in [6.07, 6.45) is 0.628. The van der Waals surface area contributed by atoms with Crippen molar-refractivity contribution in [3.05, 3.63) is 0 Å². The Bertz CT molecular complexity index is 127. The molecule has 3 atom stereocenters. The summed E-state index contributed by atoms with van der Waals surface area (Å²) in [5.74, 6) is 0.486. The van der Waals surface area contributed by atoms with Gasteiger partial charge in [-0.2, -0.15) is 0 Å². The Kier molecular flexibility index (Phi) is 2.87. The molecular formula is C8H18N2O. The number of hydrogen-bond donors (Lipinski definition) is 2. The predicted molar refractivity (Wildman–Crippen MR) is 45.3 cm³/mol. The summed E-state index contributed by atoms with van der Waals surface area (Å²) in [7, 11) is 2.07. The highest BCUT2D eigenvalue weighted by molar-refractivity contribution is 4.85. The Hall–Kier alpha value is -0.120. The molecule has 0 bridgehead atoms. The van der Waals surface area contributed by atoms with Crippen LogP contribution in [-0.2, 0) is 0 Å². The molecule has 0 spiro atoms.